The molecule has 1 atom stereocenters. The van der Waals surface area contributed by atoms with Gasteiger partial charge in [0.25, 0.3) is 0 Å². The maximum absolute atomic E-state index is 12.4. The third-order valence-electron chi connectivity index (χ3n) is 2.66. The maximum atomic E-state index is 12.4. The van der Waals surface area contributed by atoms with Crippen molar-refractivity contribution in [2.75, 3.05) is 5.73 Å². The Kier molecular flexibility index (Phi) is 4.52. The van der Waals surface area contributed by atoms with Gasteiger partial charge in [0.15, 0.2) is 0 Å². The summed E-state index contributed by atoms with van der Waals surface area (Å²) in [4.78, 5) is 0.0241. The molecule has 1 unspecified atom stereocenters. The summed E-state index contributed by atoms with van der Waals surface area (Å²) < 4.78 is 28.5. The molecule has 0 bridgehead atoms. The van der Waals surface area contributed by atoms with Crippen molar-refractivity contribution in [3.8, 4) is 0 Å². The van der Waals surface area contributed by atoms with E-state index in [1.165, 1.54) is 0 Å². The van der Waals surface area contributed by atoms with Crippen LogP contribution in [0.1, 0.15) is 18.5 Å². The Morgan fingerprint density at radius 3 is 2.65 bits per heavy atom. The summed E-state index contributed by atoms with van der Waals surface area (Å²) in [6.07, 6.45) is 3.19. The second-order valence-corrected chi connectivity index (χ2v) is 7.60. The molecule has 0 saturated carbocycles. The van der Waals surface area contributed by atoms with Crippen molar-refractivity contribution in [3.63, 3.8) is 0 Å². The first-order valence-electron chi connectivity index (χ1n) is 5.57. The van der Waals surface area contributed by atoms with E-state index in [1.54, 1.807) is 31.5 Å². The van der Waals surface area contributed by atoms with Crippen LogP contribution in [-0.2, 0) is 10.0 Å². The van der Waals surface area contributed by atoms with E-state index in [0.717, 1.165) is 5.56 Å². The number of nitrogens with two attached hydrogens (primary N) is 1. The van der Waals surface area contributed by atoms with Crippen LogP contribution in [0.5, 0.6) is 0 Å². The molecule has 0 aliphatic carbocycles. The van der Waals surface area contributed by atoms with Crippen LogP contribution in [0.3, 0.4) is 0 Å². The molecule has 0 aliphatic heterocycles. The average Bonchev–Trinajstić information content (AvgIpc) is 2.78. The molecule has 2 rings (SSSR count). The highest BCUT2D eigenvalue weighted by molar-refractivity contribution is 9.11. The summed E-state index contributed by atoms with van der Waals surface area (Å²) in [5.41, 5.74) is 6.71. The summed E-state index contributed by atoms with van der Waals surface area (Å²) in [6, 6.07) is 2.75. The van der Waals surface area contributed by atoms with Crippen molar-refractivity contribution in [2.45, 2.75) is 17.9 Å². The zero-order valence-electron chi connectivity index (χ0n) is 10.4. The van der Waals surface area contributed by atoms with Crippen molar-refractivity contribution < 1.29 is 8.42 Å². The van der Waals surface area contributed by atoms with Gasteiger partial charge < -0.3 is 5.73 Å². The van der Waals surface area contributed by atoms with E-state index < -0.39 is 16.1 Å². The van der Waals surface area contributed by atoms with Crippen LogP contribution in [0, 0.1) is 0 Å². The molecule has 1 heterocycles. The summed E-state index contributed by atoms with van der Waals surface area (Å²) in [5, 5.41) is 6.43. The lowest BCUT2D eigenvalue weighted by atomic mass is 10.2. The normalized spacial score (nSPS) is 13.3. The first kappa shape index (κ1) is 15.5. The van der Waals surface area contributed by atoms with E-state index in [0.29, 0.717) is 8.95 Å². The van der Waals surface area contributed by atoms with E-state index in [2.05, 4.69) is 46.8 Å². The van der Waals surface area contributed by atoms with Gasteiger partial charge in [0.05, 0.1) is 11.9 Å². The molecule has 20 heavy (non-hydrogen) atoms. The Morgan fingerprint density at radius 1 is 1.40 bits per heavy atom. The fourth-order valence-corrected chi connectivity index (χ4v) is 5.02. The zero-order chi connectivity index (χ0) is 14.9. The Morgan fingerprint density at radius 2 is 2.10 bits per heavy atom. The first-order valence-corrected chi connectivity index (χ1v) is 8.63. The quantitative estimate of drug-likeness (QED) is 0.657. The number of hydrogen-bond acceptors (Lipinski definition) is 4. The van der Waals surface area contributed by atoms with Crippen LogP contribution in [-0.4, -0.2) is 18.6 Å². The average molecular weight is 424 g/mol. The maximum Gasteiger partial charge on any atom is 0.244 e. The van der Waals surface area contributed by atoms with Crippen molar-refractivity contribution in [2.24, 2.45) is 0 Å². The monoisotopic (exact) mass is 422 g/mol. The number of rotatable bonds is 4. The van der Waals surface area contributed by atoms with E-state index in [-0.39, 0.29) is 10.6 Å². The summed E-state index contributed by atoms with van der Waals surface area (Å²) in [6.45, 7) is 1.73. The van der Waals surface area contributed by atoms with Gasteiger partial charge in [-0.1, -0.05) is 15.9 Å². The predicted octanol–water partition coefficient (Wildman–Crippen LogP) is 2.56. The number of hydrogen-bond donors (Lipinski definition) is 3. The van der Waals surface area contributed by atoms with Crippen LogP contribution in [0.4, 0.5) is 5.69 Å². The molecule has 108 valence electrons. The molecule has 0 fully saturated rings. The standard InChI is InChI=1S/C11H12Br2N4O2S/c1-6(7-4-15-16-5-7)17-20(18,19)11-9(13)2-8(12)3-10(11)14/h2-6,17H,14H2,1H3,(H,15,16). The van der Waals surface area contributed by atoms with Gasteiger partial charge in [-0.15, -0.1) is 0 Å². The summed E-state index contributed by atoms with van der Waals surface area (Å²) >= 11 is 6.48. The Balaban J connectivity index is 2.37. The Labute approximate surface area is 133 Å². The predicted molar refractivity (Wildman–Crippen MR) is 83.6 cm³/mol. The van der Waals surface area contributed by atoms with Gasteiger partial charge in [-0.25, -0.2) is 13.1 Å². The molecule has 9 heteroatoms. The highest BCUT2D eigenvalue weighted by atomic mass is 79.9. The number of nitrogen functional groups attached to an aromatic ring is 1. The smallest absolute Gasteiger partial charge is 0.244 e. The molecular weight excluding hydrogens is 412 g/mol. The SMILES string of the molecule is CC(NS(=O)(=O)c1c(N)cc(Br)cc1Br)c1cn[nH]c1. The number of sulfonamides is 1. The van der Waals surface area contributed by atoms with E-state index in [9.17, 15) is 8.42 Å². The topological polar surface area (TPSA) is 101 Å². The lowest BCUT2D eigenvalue weighted by Gasteiger charge is -2.15. The molecular formula is C11H12Br2N4O2S. The van der Waals surface area contributed by atoms with E-state index >= 15 is 0 Å². The zero-order valence-corrected chi connectivity index (χ0v) is 14.4. The number of nitrogens with one attached hydrogen (secondary N) is 2. The molecule has 0 aliphatic rings. The van der Waals surface area contributed by atoms with Crippen LogP contribution in [0.2, 0.25) is 0 Å². The van der Waals surface area contributed by atoms with Gasteiger partial charge in [-0.3, -0.25) is 5.10 Å². The Bertz CT molecular complexity index is 693. The van der Waals surface area contributed by atoms with Gasteiger partial charge >= 0.3 is 0 Å². The van der Waals surface area contributed by atoms with Crippen LogP contribution < -0.4 is 10.5 Å². The fourth-order valence-electron chi connectivity index (χ4n) is 1.72. The fraction of sp³-hybridized carbons (Fsp3) is 0.182. The van der Waals surface area contributed by atoms with Gasteiger partial charge in [0.2, 0.25) is 10.0 Å². The van der Waals surface area contributed by atoms with Gasteiger partial charge in [-0.05, 0) is 35.0 Å². The number of anilines is 1. The van der Waals surface area contributed by atoms with Crippen LogP contribution in [0.25, 0.3) is 0 Å². The van der Waals surface area contributed by atoms with Crippen molar-refractivity contribution in [3.05, 3.63) is 39.0 Å². The third kappa shape index (κ3) is 3.22. The minimum atomic E-state index is -3.75. The lowest BCUT2D eigenvalue weighted by Crippen LogP contribution is -2.27. The molecule has 1 aromatic carbocycles. The second kappa shape index (κ2) is 5.84. The molecule has 1 aromatic heterocycles. The summed E-state index contributed by atoms with van der Waals surface area (Å²) in [5.74, 6) is 0. The van der Waals surface area contributed by atoms with Crippen molar-refractivity contribution in [1.29, 1.82) is 0 Å². The minimum absolute atomic E-state index is 0.0241. The number of aromatic nitrogens is 2. The Hall–Kier alpha value is -0.900. The van der Waals surface area contributed by atoms with Crippen molar-refractivity contribution >= 4 is 47.6 Å². The van der Waals surface area contributed by atoms with Crippen LogP contribution >= 0.6 is 31.9 Å². The lowest BCUT2D eigenvalue weighted by molar-refractivity contribution is 0.567. The third-order valence-corrected chi connectivity index (χ3v) is 5.66. The first-order chi connectivity index (χ1) is 9.31. The van der Waals surface area contributed by atoms with E-state index in [1.807, 2.05) is 0 Å². The molecule has 0 radical (unpaired) electrons. The van der Waals surface area contributed by atoms with Crippen molar-refractivity contribution in [1.82, 2.24) is 14.9 Å². The summed E-state index contributed by atoms with van der Waals surface area (Å²) in [7, 11) is -3.75. The highest BCUT2D eigenvalue weighted by Gasteiger charge is 2.24. The number of nitrogens with zero attached hydrogens (tertiary/aromatic N) is 1. The molecule has 0 spiro atoms. The molecule has 0 saturated heterocycles. The number of aromatic amines is 1. The van der Waals surface area contributed by atoms with Gasteiger partial charge in [-0.2, -0.15) is 5.10 Å². The minimum Gasteiger partial charge on any atom is -0.398 e. The number of H-pyrrole nitrogens is 1. The number of benzene rings is 1. The van der Waals surface area contributed by atoms with Gasteiger partial charge in [0.1, 0.15) is 4.90 Å². The molecule has 2 aromatic rings. The number of halogens is 2. The highest BCUT2D eigenvalue weighted by Crippen LogP contribution is 2.32. The van der Waals surface area contributed by atoms with E-state index in [4.69, 9.17) is 5.73 Å². The largest absolute Gasteiger partial charge is 0.398 e. The molecule has 6 nitrogen and oxygen atoms in total. The molecule has 0 amide bonds. The second-order valence-electron chi connectivity index (χ2n) is 4.18. The van der Waals surface area contributed by atoms with Crippen LogP contribution in [0.15, 0.2) is 38.4 Å². The molecule has 4 N–H and O–H groups in total. The van der Waals surface area contributed by atoms with Gasteiger partial charge in [0, 0.05) is 26.7 Å².